The number of aryl methyl sites for hydroxylation is 1. The summed E-state index contributed by atoms with van der Waals surface area (Å²) in [5.41, 5.74) is 4.83. The van der Waals surface area contributed by atoms with Gasteiger partial charge in [-0.25, -0.2) is 4.79 Å². The Morgan fingerprint density at radius 2 is 1.71 bits per heavy atom. The van der Waals surface area contributed by atoms with Crippen LogP contribution < -0.4 is 0 Å². The summed E-state index contributed by atoms with van der Waals surface area (Å²) >= 11 is 0. The molecule has 2 fully saturated rings. The van der Waals surface area contributed by atoms with E-state index in [0.29, 0.717) is 31.3 Å². The highest BCUT2D eigenvalue weighted by Crippen LogP contribution is 2.48. The first kappa shape index (κ1) is 23.3. The van der Waals surface area contributed by atoms with E-state index >= 15 is 0 Å². The van der Waals surface area contributed by atoms with Gasteiger partial charge < -0.3 is 9.64 Å². The number of rotatable bonds is 7. The fraction of sp³-hybridized carbons (Fsp3) is 0.414. The van der Waals surface area contributed by atoms with Crippen molar-refractivity contribution < 1.29 is 14.3 Å². The van der Waals surface area contributed by atoms with Crippen molar-refractivity contribution in [1.29, 1.82) is 0 Å². The minimum Gasteiger partial charge on any atom is -0.461 e. The maximum Gasteiger partial charge on any atom is 0.358 e. The maximum atomic E-state index is 13.1. The molecule has 3 aromatic rings. The van der Waals surface area contributed by atoms with Crippen LogP contribution in [0.1, 0.15) is 66.7 Å². The molecule has 1 aromatic heterocycles. The van der Waals surface area contributed by atoms with Crippen LogP contribution >= 0.6 is 0 Å². The summed E-state index contributed by atoms with van der Waals surface area (Å²) in [6.07, 6.45) is 3.56. The lowest BCUT2D eigenvalue weighted by Crippen LogP contribution is -2.40. The Kier molecular flexibility index (Phi) is 6.71. The summed E-state index contributed by atoms with van der Waals surface area (Å²) in [6.45, 7) is 5.68. The van der Waals surface area contributed by atoms with Gasteiger partial charge >= 0.3 is 5.97 Å². The third-order valence-electron chi connectivity index (χ3n) is 7.34. The zero-order chi connectivity index (χ0) is 24.4. The summed E-state index contributed by atoms with van der Waals surface area (Å²) in [5, 5.41) is 4.68. The summed E-state index contributed by atoms with van der Waals surface area (Å²) in [7, 11) is 0. The van der Waals surface area contributed by atoms with Crippen LogP contribution in [0, 0.1) is 5.92 Å². The summed E-state index contributed by atoms with van der Waals surface area (Å²) in [4.78, 5) is 27.6. The number of amides is 1. The van der Waals surface area contributed by atoms with Gasteiger partial charge in [-0.2, -0.15) is 5.10 Å². The Hall–Kier alpha value is -3.41. The lowest BCUT2D eigenvalue weighted by Gasteiger charge is -2.33. The molecular formula is C29H33N3O3. The number of likely N-dealkylation sites (tertiary alicyclic amines) is 1. The molecule has 2 heterocycles. The highest BCUT2D eigenvalue weighted by Gasteiger charge is 2.46. The van der Waals surface area contributed by atoms with Crippen LogP contribution in [0.5, 0.6) is 0 Å². The lowest BCUT2D eigenvalue weighted by molar-refractivity contribution is -0.134. The highest BCUT2D eigenvalue weighted by atomic mass is 16.5. The van der Waals surface area contributed by atoms with E-state index in [2.05, 4.69) is 48.4 Å². The standard InChI is InChI=1S/C29H33N3O3/c1-3-20-10-12-22(13-11-20)27-19-26(29(34)35-4-2)30-32(27)23-14-16-31(17-15-23)28(33)25-18-24(25)21-8-6-5-7-9-21/h5-13,19,23-25H,3-4,14-18H2,1-2H3/t24-,25-/m0/s1. The van der Waals surface area contributed by atoms with Gasteiger partial charge in [-0.3, -0.25) is 9.48 Å². The first-order valence-electron chi connectivity index (χ1n) is 12.8. The monoisotopic (exact) mass is 471 g/mol. The van der Waals surface area contributed by atoms with Crippen molar-refractivity contribution in [2.45, 2.75) is 51.5 Å². The van der Waals surface area contributed by atoms with E-state index in [1.807, 2.05) is 33.8 Å². The Morgan fingerprint density at radius 3 is 2.37 bits per heavy atom. The number of hydrogen-bond acceptors (Lipinski definition) is 4. The van der Waals surface area contributed by atoms with E-state index in [0.717, 1.165) is 36.9 Å². The molecule has 5 rings (SSSR count). The Bertz CT molecular complexity index is 1180. The number of aromatic nitrogens is 2. The number of nitrogens with zero attached hydrogens (tertiary/aromatic N) is 3. The molecule has 2 atom stereocenters. The quantitative estimate of drug-likeness (QED) is 0.441. The van der Waals surface area contributed by atoms with Gasteiger partial charge in [-0.05, 0) is 61.3 Å². The van der Waals surface area contributed by atoms with Gasteiger partial charge in [0.05, 0.1) is 18.3 Å². The number of piperidine rings is 1. The second kappa shape index (κ2) is 10.1. The van der Waals surface area contributed by atoms with Crippen molar-refractivity contribution in [1.82, 2.24) is 14.7 Å². The van der Waals surface area contributed by atoms with Gasteiger partial charge in [-0.1, -0.05) is 61.5 Å². The second-order valence-corrected chi connectivity index (χ2v) is 9.55. The lowest BCUT2D eigenvalue weighted by atomic mass is 10.0. The molecule has 1 aliphatic carbocycles. The van der Waals surface area contributed by atoms with Crippen LogP contribution in [0.25, 0.3) is 11.3 Å². The first-order valence-corrected chi connectivity index (χ1v) is 12.8. The predicted octanol–water partition coefficient (Wildman–Crippen LogP) is 5.26. The largest absolute Gasteiger partial charge is 0.461 e. The smallest absolute Gasteiger partial charge is 0.358 e. The van der Waals surface area contributed by atoms with Crippen LogP contribution in [0.15, 0.2) is 60.7 Å². The molecule has 1 saturated heterocycles. The Labute approximate surface area is 206 Å². The number of esters is 1. The molecule has 1 aliphatic heterocycles. The highest BCUT2D eigenvalue weighted by molar-refractivity contribution is 5.88. The first-order chi connectivity index (χ1) is 17.1. The molecule has 6 nitrogen and oxygen atoms in total. The molecule has 1 amide bonds. The molecule has 0 bridgehead atoms. The molecule has 2 aromatic carbocycles. The number of carbonyl (C=O) groups is 2. The third-order valence-corrected chi connectivity index (χ3v) is 7.34. The van der Waals surface area contributed by atoms with E-state index in [9.17, 15) is 9.59 Å². The van der Waals surface area contributed by atoms with E-state index in [1.54, 1.807) is 6.92 Å². The fourth-order valence-corrected chi connectivity index (χ4v) is 5.21. The zero-order valence-corrected chi connectivity index (χ0v) is 20.5. The van der Waals surface area contributed by atoms with Gasteiger partial charge in [0, 0.05) is 19.0 Å². The van der Waals surface area contributed by atoms with Crippen LogP contribution in [0.4, 0.5) is 0 Å². The second-order valence-electron chi connectivity index (χ2n) is 9.55. The van der Waals surface area contributed by atoms with E-state index in [1.165, 1.54) is 11.1 Å². The number of benzene rings is 2. The molecule has 1 saturated carbocycles. The van der Waals surface area contributed by atoms with Crippen LogP contribution in [0.3, 0.4) is 0 Å². The van der Waals surface area contributed by atoms with Crippen molar-refractivity contribution in [2.24, 2.45) is 5.92 Å². The van der Waals surface area contributed by atoms with Gasteiger partial charge in [0.25, 0.3) is 0 Å². The van der Waals surface area contributed by atoms with Crippen molar-refractivity contribution >= 4 is 11.9 Å². The zero-order valence-electron chi connectivity index (χ0n) is 20.5. The predicted molar refractivity (Wildman–Crippen MR) is 135 cm³/mol. The topological polar surface area (TPSA) is 64.4 Å². The molecule has 6 heteroatoms. The number of hydrogen-bond donors (Lipinski definition) is 0. The minimum absolute atomic E-state index is 0.113. The van der Waals surface area contributed by atoms with Gasteiger partial charge in [0.15, 0.2) is 5.69 Å². The number of ether oxygens (including phenoxy) is 1. The van der Waals surface area contributed by atoms with Crippen molar-refractivity contribution in [3.05, 3.63) is 77.5 Å². The van der Waals surface area contributed by atoms with E-state index in [-0.39, 0.29) is 17.9 Å². The fourth-order valence-electron chi connectivity index (χ4n) is 5.21. The average Bonchev–Trinajstić information content (AvgIpc) is 3.59. The molecule has 0 N–H and O–H groups in total. The van der Waals surface area contributed by atoms with Gasteiger partial charge in [0.2, 0.25) is 5.91 Å². The van der Waals surface area contributed by atoms with Gasteiger partial charge in [0.1, 0.15) is 0 Å². The third kappa shape index (κ3) is 4.88. The van der Waals surface area contributed by atoms with Gasteiger partial charge in [-0.15, -0.1) is 0 Å². The molecule has 0 unspecified atom stereocenters. The van der Waals surface area contributed by atoms with Crippen LogP contribution in [0.2, 0.25) is 0 Å². The molecule has 0 radical (unpaired) electrons. The van der Waals surface area contributed by atoms with E-state index < -0.39 is 5.97 Å². The maximum absolute atomic E-state index is 13.1. The summed E-state index contributed by atoms with van der Waals surface area (Å²) in [6, 6.07) is 20.8. The normalized spacial score (nSPS) is 20.0. The summed E-state index contributed by atoms with van der Waals surface area (Å²) in [5.74, 6) is 0.352. The van der Waals surface area contributed by atoms with E-state index in [4.69, 9.17) is 4.74 Å². The SMILES string of the molecule is CCOC(=O)c1cc(-c2ccc(CC)cc2)n(C2CCN(C(=O)[C@H]3C[C@H]3c3ccccc3)CC2)n1. The van der Waals surface area contributed by atoms with Crippen molar-refractivity contribution in [3.8, 4) is 11.3 Å². The van der Waals surface area contributed by atoms with Crippen molar-refractivity contribution in [3.63, 3.8) is 0 Å². The molecule has 35 heavy (non-hydrogen) atoms. The summed E-state index contributed by atoms with van der Waals surface area (Å²) < 4.78 is 7.20. The Balaban J connectivity index is 1.30. The number of carbonyl (C=O) groups excluding carboxylic acids is 2. The molecule has 0 spiro atoms. The van der Waals surface area contributed by atoms with Crippen molar-refractivity contribution in [2.75, 3.05) is 19.7 Å². The average molecular weight is 472 g/mol. The Morgan fingerprint density at radius 1 is 1.00 bits per heavy atom. The molecular weight excluding hydrogens is 438 g/mol. The van der Waals surface area contributed by atoms with Crippen LogP contribution in [-0.2, 0) is 16.0 Å². The molecule has 2 aliphatic rings. The van der Waals surface area contributed by atoms with Crippen LogP contribution in [-0.4, -0.2) is 46.3 Å². The minimum atomic E-state index is -0.397. The molecule has 182 valence electrons.